The summed E-state index contributed by atoms with van der Waals surface area (Å²) in [6.07, 6.45) is 2.73. The first-order valence-electron chi connectivity index (χ1n) is 7.56. The summed E-state index contributed by atoms with van der Waals surface area (Å²) in [6.45, 7) is 3.61. The van der Waals surface area contributed by atoms with E-state index in [-0.39, 0.29) is 11.5 Å². The first-order valence-corrected chi connectivity index (χ1v) is 7.56. The third-order valence-electron chi connectivity index (χ3n) is 3.82. The molecule has 0 radical (unpaired) electrons. The van der Waals surface area contributed by atoms with E-state index in [2.05, 4.69) is 27.1 Å². The number of fused-ring (bicyclic) bond motifs is 1. The van der Waals surface area contributed by atoms with Crippen molar-refractivity contribution in [1.29, 1.82) is 0 Å². The molecule has 3 rings (SSSR count). The van der Waals surface area contributed by atoms with Crippen LogP contribution in [0.15, 0.2) is 18.5 Å². The number of nitrogens with one attached hydrogen (secondary N) is 2. The number of H-pyrrole nitrogens is 1. The van der Waals surface area contributed by atoms with Gasteiger partial charge < -0.3 is 15.4 Å². The fourth-order valence-electron chi connectivity index (χ4n) is 2.43. The van der Waals surface area contributed by atoms with Gasteiger partial charge in [-0.15, -0.1) is 0 Å². The topological polar surface area (TPSA) is 78.0 Å². The fourth-order valence-corrected chi connectivity index (χ4v) is 2.43. The molecule has 1 unspecified atom stereocenters. The number of aryl methyl sites for hydroxylation is 1. The van der Waals surface area contributed by atoms with Crippen LogP contribution in [0.3, 0.4) is 0 Å². The Hall–Kier alpha value is -2.91. The summed E-state index contributed by atoms with van der Waals surface area (Å²) in [5, 5.41) is 12.3. The number of anilines is 1. The number of hydrogen-bond acceptors (Lipinski definition) is 3. The Morgan fingerprint density at radius 3 is 2.92 bits per heavy atom. The van der Waals surface area contributed by atoms with Crippen molar-refractivity contribution in [2.75, 3.05) is 5.32 Å². The van der Waals surface area contributed by atoms with Crippen LogP contribution in [0.2, 0.25) is 0 Å². The molecule has 2 heterocycles. The molecule has 122 valence electrons. The standard InChI is InChI=1S/C18H16FN3O2/c1-3-11(23)4-5-12-14(19)6-7-15-17(12)13(18(24)22-15)8-16-10(2)20-9-21-16/h6-9,11,23H,3H2,1-2H3,(H,20,21)(H,22,24). The van der Waals surface area contributed by atoms with Crippen LogP contribution in [0.1, 0.15) is 35.9 Å². The number of aromatic nitrogens is 2. The predicted molar refractivity (Wildman–Crippen MR) is 89.4 cm³/mol. The number of imidazole rings is 1. The SMILES string of the molecule is CCC(O)C#Cc1c(F)ccc2c1C(=Cc1nc[nH]c1C)C(=O)N2. The molecule has 0 saturated carbocycles. The Labute approximate surface area is 138 Å². The lowest BCUT2D eigenvalue weighted by Crippen LogP contribution is -2.03. The second-order valence-electron chi connectivity index (χ2n) is 5.46. The average molecular weight is 325 g/mol. The van der Waals surface area contributed by atoms with Crippen molar-refractivity contribution in [3.05, 3.63) is 46.8 Å². The van der Waals surface area contributed by atoms with Gasteiger partial charge >= 0.3 is 0 Å². The van der Waals surface area contributed by atoms with Crippen LogP contribution in [0.4, 0.5) is 10.1 Å². The number of amides is 1. The Morgan fingerprint density at radius 1 is 1.46 bits per heavy atom. The lowest BCUT2D eigenvalue weighted by molar-refractivity contribution is -0.110. The second-order valence-corrected chi connectivity index (χ2v) is 5.46. The Balaban J connectivity index is 2.17. The maximum atomic E-state index is 14.3. The zero-order valence-corrected chi connectivity index (χ0v) is 13.3. The smallest absolute Gasteiger partial charge is 0.256 e. The highest BCUT2D eigenvalue weighted by Gasteiger charge is 2.28. The van der Waals surface area contributed by atoms with Crippen LogP contribution in [-0.2, 0) is 4.79 Å². The number of benzene rings is 1. The summed E-state index contributed by atoms with van der Waals surface area (Å²) in [5.41, 5.74) is 2.70. The quantitative estimate of drug-likeness (QED) is 0.586. The first kappa shape index (κ1) is 16.0. The number of nitrogens with zero attached hydrogens (tertiary/aromatic N) is 1. The van der Waals surface area contributed by atoms with Gasteiger partial charge in [-0.1, -0.05) is 18.8 Å². The highest BCUT2D eigenvalue weighted by atomic mass is 19.1. The van der Waals surface area contributed by atoms with Crippen molar-refractivity contribution < 1.29 is 14.3 Å². The molecule has 0 aliphatic carbocycles. The molecule has 1 atom stereocenters. The normalized spacial score (nSPS) is 15.7. The number of hydrogen-bond donors (Lipinski definition) is 3. The van der Waals surface area contributed by atoms with Crippen molar-refractivity contribution >= 4 is 23.2 Å². The Bertz CT molecular complexity index is 903. The number of aliphatic hydroxyl groups is 1. The van der Waals surface area contributed by atoms with E-state index < -0.39 is 11.9 Å². The molecule has 0 bridgehead atoms. The molecule has 2 aromatic rings. The predicted octanol–water partition coefficient (Wildman–Crippen LogP) is 2.47. The molecular formula is C18H16FN3O2. The summed E-state index contributed by atoms with van der Waals surface area (Å²) in [7, 11) is 0. The summed E-state index contributed by atoms with van der Waals surface area (Å²) in [6, 6.07) is 2.76. The van der Waals surface area contributed by atoms with Crippen molar-refractivity contribution in [3.8, 4) is 11.8 Å². The van der Waals surface area contributed by atoms with E-state index in [0.717, 1.165) is 5.69 Å². The van der Waals surface area contributed by atoms with E-state index in [9.17, 15) is 14.3 Å². The maximum Gasteiger partial charge on any atom is 0.256 e. The third kappa shape index (κ3) is 2.82. The van der Waals surface area contributed by atoms with Crippen LogP contribution in [0, 0.1) is 24.6 Å². The van der Waals surface area contributed by atoms with Gasteiger partial charge in [-0.2, -0.15) is 0 Å². The molecule has 3 N–H and O–H groups in total. The molecule has 0 saturated heterocycles. The molecule has 0 spiro atoms. The molecule has 1 aliphatic rings. The van der Waals surface area contributed by atoms with E-state index in [1.807, 2.05) is 6.92 Å². The van der Waals surface area contributed by atoms with Crippen LogP contribution >= 0.6 is 0 Å². The maximum absolute atomic E-state index is 14.3. The second kappa shape index (κ2) is 6.30. The minimum atomic E-state index is -0.841. The van der Waals surface area contributed by atoms with Crippen molar-refractivity contribution in [2.24, 2.45) is 0 Å². The largest absolute Gasteiger partial charge is 0.380 e. The van der Waals surface area contributed by atoms with Crippen molar-refractivity contribution in [1.82, 2.24) is 9.97 Å². The van der Waals surface area contributed by atoms with E-state index >= 15 is 0 Å². The van der Waals surface area contributed by atoms with Gasteiger partial charge in [-0.05, 0) is 31.6 Å². The molecule has 1 aromatic carbocycles. The van der Waals surface area contributed by atoms with E-state index in [4.69, 9.17) is 0 Å². The number of aliphatic hydroxyl groups excluding tert-OH is 1. The van der Waals surface area contributed by atoms with Crippen LogP contribution in [-0.4, -0.2) is 27.1 Å². The monoisotopic (exact) mass is 325 g/mol. The van der Waals surface area contributed by atoms with Gasteiger partial charge in [0.1, 0.15) is 11.9 Å². The first-order chi connectivity index (χ1) is 11.5. The number of rotatable bonds is 2. The number of carbonyl (C=O) groups excluding carboxylic acids is 1. The van der Waals surface area contributed by atoms with Crippen LogP contribution in [0.5, 0.6) is 0 Å². The summed E-state index contributed by atoms with van der Waals surface area (Å²) in [5.74, 6) is 4.40. The summed E-state index contributed by atoms with van der Waals surface area (Å²) >= 11 is 0. The van der Waals surface area contributed by atoms with Gasteiger partial charge in [0.15, 0.2) is 0 Å². The number of aromatic amines is 1. The van der Waals surface area contributed by atoms with E-state index in [1.54, 1.807) is 13.0 Å². The van der Waals surface area contributed by atoms with Gasteiger partial charge in [0.25, 0.3) is 5.91 Å². The van der Waals surface area contributed by atoms with Gasteiger partial charge in [-0.25, -0.2) is 9.37 Å². The van der Waals surface area contributed by atoms with Gasteiger partial charge in [0.2, 0.25) is 0 Å². The van der Waals surface area contributed by atoms with Gasteiger partial charge in [-0.3, -0.25) is 4.79 Å². The van der Waals surface area contributed by atoms with Crippen LogP contribution in [0.25, 0.3) is 11.6 Å². The number of halogens is 1. The van der Waals surface area contributed by atoms with Crippen LogP contribution < -0.4 is 5.32 Å². The third-order valence-corrected chi connectivity index (χ3v) is 3.82. The lowest BCUT2D eigenvalue weighted by atomic mass is 9.98. The summed E-state index contributed by atoms with van der Waals surface area (Å²) < 4.78 is 14.3. The van der Waals surface area contributed by atoms with Gasteiger partial charge in [0.05, 0.1) is 28.8 Å². The highest BCUT2D eigenvalue weighted by molar-refractivity contribution is 6.35. The summed E-state index contributed by atoms with van der Waals surface area (Å²) in [4.78, 5) is 19.4. The van der Waals surface area contributed by atoms with Crippen molar-refractivity contribution in [3.63, 3.8) is 0 Å². The molecule has 0 fully saturated rings. The minimum absolute atomic E-state index is 0.0952. The molecule has 24 heavy (non-hydrogen) atoms. The zero-order valence-electron chi connectivity index (χ0n) is 13.3. The molecular weight excluding hydrogens is 309 g/mol. The zero-order chi connectivity index (χ0) is 17.3. The molecule has 1 aliphatic heterocycles. The molecule has 1 amide bonds. The van der Waals surface area contributed by atoms with Crippen molar-refractivity contribution in [2.45, 2.75) is 26.4 Å². The Morgan fingerprint density at radius 2 is 2.25 bits per heavy atom. The molecule has 6 heteroatoms. The Kier molecular flexibility index (Phi) is 4.19. The lowest BCUT2D eigenvalue weighted by Gasteiger charge is -2.04. The average Bonchev–Trinajstić information content (AvgIpc) is 3.11. The fraction of sp³-hybridized carbons (Fsp3) is 0.222. The highest BCUT2D eigenvalue weighted by Crippen LogP contribution is 2.36. The number of carbonyl (C=O) groups is 1. The molecule has 1 aromatic heterocycles. The van der Waals surface area contributed by atoms with E-state index in [1.165, 1.54) is 18.5 Å². The van der Waals surface area contributed by atoms with Gasteiger partial charge in [0, 0.05) is 11.3 Å². The van der Waals surface area contributed by atoms with E-state index in [0.29, 0.717) is 28.9 Å². The minimum Gasteiger partial charge on any atom is -0.380 e. The molecule has 5 nitrogen and oxygen atoms in total.